The Balaban J connectivity index is 0.00000179. The number of imidazole rings is 1. The molecule has 4 aromatic heterocycles. The maximum absolute atomic E-state index is 5.59. The van der Waals surface area contributed by atoms with Gasteiger partial charge in [-0.1, -0.05) is 123 Å². The minimum Gasteiger partial charge on any atom is -0.309 e. The van der Waals surface area contributed by atoms with Crippen LogP contribution in [0.3, 0.4) is 0 Å². The third kappa shape index (κ3) is 4.58. The quantitative estimate of drug-likeness (QED) is 0.178. The first kappa shape index (κ1) is 32.1. The molecule has 12 rings (SSSR count). The molecule has 0 amide bonds. The van der Waals surface area contributed by atoms with Crippen LogP contribution in [0.15, 0.2) is 188 Å². The van der Waals surface area contributed by atoms with E-state index in [1.54, 1.807) is 0 Å². The Morgan fingerprint density at radius 1 is 0.286 bits per heavy atom. The highest BCUT2D eigenvalue weighted by molar-refractivity contribution is 6.14. The zero-order valence-electron chi connectivity index (χ0n) is 31.1. The Morgan fingerprint density at radius 2 is 0.696 bits per heavy atom. The molecule has 0 fully saturated rings. The van der Waals surface area contributed by atoms with Crippen LogP contribution in [0.1, 0.15) is 13.8 Å². The van der Waals surface area contributed by atoms with Gasteiger partial charge in [-0.2, -0.15) is 0 Å². The van der Waals surface area contributed by atoms with Gasteiger partial charge in [0, 0.05) is 49.4 Å². The Hall–Kier alpha value is -7.37. The first-order valence-corrected chi connectivity index (χ1v) is 19.4. The molecular formula is C51H37N5. The second kappa shape index (κ2) is 12.6. The molecule has 56 heavy (non-hydrogen) atoms. The van der Waals surface area contributed by atoms with Crippen LogP contribution in [0.4, 0.5) is 0 Å². The number of rotatable bonds is 4. The molecule has 5 heteroatoms. The van der Waals surface area contributed by atoms with Gasteiger partial charge in [-0.15, -0.1) is 0 Å². The van der Waals surface area contributed by atoms with Crippen molar-refractivity contribution in [3.8, 4) is 23.0 Å². The maximum Gasteiger partial charge on any atom is 0.220 e. The van der Waals surface area contributed by atoms with Gasteiger partial charge in [-0.05, 0) is 78.9 Å². The smallest absolute Gasteiger partial charge is 0.220 e. The van der Waals surface area contributed by atoms with E-state index in [0.29, 0.717) is 0 Å². The van der Waals surface area contributed by atoms with E-state index in [9.17, 15) is 0 Å². The molecule has 0 spiro atoms. The van der Waals surface area contributed by atoms with Gasteiger partial charge in [-0.3, -0.25) is 9.13 Å². The average molecular weight is 720 g/mol. The molecule has 0 radical (unpaired) electrons. The van der Waals surface area contributed by atoms with Gasteiger partial charge in [0.1, 0.15) is 0 Å². The summed E-state index contributed by atoms with van der Waals surface area (Å²) in [6.45, 7) is 4.00. The summed E-state index contributed by atoms with van der Waals surface area (Å²) < 4.78 is 9.45. The minimum atomic E-state index is 0.858. The predicted molar refractivity (Wildman–Crippen MR) is 235 cm³/mol. The van der Waals surface area contributed by atoms with Gasteiger partial charge in [-0.25, -0.2) is 4.98 Å². The molecule has 0 aliphatic rings. The highest BCUT2D eigenvalue weighted by atomic mass is 15.2. The minimum absolute atomic E-state index is 0.858. The zero-order valence-corrected chi connectivity index (χ0v) is 31.1. The average Bonchev–Trinajstić information content (AvgIpc) is 4.00. The summed E-state index contributed by atoms with van der Waals surface area (Å²) in [5, 5.41) is 7.24. The number of aromatic nitrogens is 5. The lowest BCUT2D eigenvalue weighted by Crippen LogP contribution is -2.05. The topological polar surface area (TPSA) is 32.6 Å². The number of hydrogen-bond acceptors (Lipinski definition) is 1. The van der Waals surface area contributed by atoms with E-state index in [-0.39, 0.29) is 0 Å². The number of hydrogen-bond donors (Lipinski definition) is 0. The highest BCUT2D eigenvalue weighted by Gasteiger charge is 2.23. The van der Waals surface area contributed by atoms with Gasteiger partial charge in [0.15, 0.2) is 0 Å². The lowest BCUT2D eigenvalue weighted by atomic mass is 10.1. The molecule has 0 N–H and O–H groups in total. The molecule has 0 saturated heterocycles. The molecule has 0 aliphatic carbocycles. The molecule has 266 valence electrons. The van der Waals surface area contributed by atoms with Crippen LogP contribution in [-0.4, -0.2) is 23.3 Å². The number of nitrogens with zero attached hydrogens (tertiary/aromatic N) is 5. The lowest BCUT2D eigenvalue weighted by molar-refractivity contribution is 0.957. The van der Waals surface area contributed by atoms with Gasteiger partial charge >= 0.3 is 0 Å². The van der Waals surface area contributed by atoms with Crippen LogP contribution in [0, 0.1) is 0 Å². The molecule has 0 unspecified atom stereocenters. The second-order valence-electron chi connectivity index (χ2n) is 14.1. The van der Waals surface area contributed by atoms with Crippen molar-refractivity contribution in [2.45, 2.75) is 13.8 Å². The Bertz CT molecular complexity index is 3380. The predicted octanol–water partition coefficient (Wildman–Crippen LogP) is 13.3. The lowest BCUT2D eigenvalue weighted by Gasteiger charge is -2.13. The molecule has 0 bridgehead atoms. The third-order valence-electron chi connectivity index (χ3n) is 11.2. The molecule has 5 nitrogen and oxygen atoms in total. The van der Waals surface area contributed by atoms with Crippen molar-refractivity contribution in [3.05, 3.63) is 188 Å². The van der Waals surface area contributed by atoms with Gasteiger partial charge in [0.2, 0.25) is 5.95 Å². The normalized spacial score (nSPS) is 11.8. The molecule has 0 atom stereocenters. The Labute approximate surface area is 323 Å². The molecule has 4 heterocycles. The Morgan fingerprint density at radius 3 is 1.23 bits per heavy atom. The van der Waals surface area contributed by atoms with Crippen molar-refractivity contribution in [1.29, 1.82) is 0 Å². The van der Waals surface area contributed by atoms with E-state index in [1.165, 1.54) is 48.9 Å². The molecule has 8 aromatic carbocycles. The van der Waals surface area contributed by atoms with Gasteiger partial charge < -0.3 is 9.13 Å². The second-order valence-corrected chi connectivity index (χ2v) is 14.1. The first-order chi connectivity index (χ1) is 27.8. The van der Waals surface area contributed by atoms with Gasteiger partial charge in [0.25, 0.3) is 0 Å². The van der Waals surface area contributed by atoms with Crippen molar-refractivity contribution >= 4 is 76.5 Å². The van der Waals surface area contributed by atoms with Crippen LogP contribution in [0.5, 0.6) is 0 Å². The van der Waals surface area contributed by atoms with Crippen molar-refractivity contribution in [1.82, 2.24) is 23.3 Å². The van der Waals surface area contributed by atoms with E-state index < -0.39 is 0 Å². The third-order valence-corrected chi connectivity index (χ3v) is 11.2. The van der Waals surface area contributed by atoms with E-state index in [0.717, 1.165) is 50.6 Å². The fraction of sp³-hybridized carbons (Fsp3) is 0.0392. The summed E-state index contributed by atoms with van der Waals surface area (Å²) in [5.41, 5.74) is 12.2. The number of para-hydroxylation sites is 6. The van der Waals surface area contributed by atoms with Gasteiger partial charge in [0.05, 0.1) is 44.1 Å². The van der Waals surface area contributed by atoms with E-state index >= 15 is 0 Å². The molecular weight excluding hydrogens is 683 g/mol. The first-order valence-electron chi connectivity index (χ1n) is 19.4. The summed E-state index contributed by atoms with van der Waals surface area (Å²) in [5.74, 6) is 0.858. The standard InChI is InChI=1S/C49H31N5.C2H6/c1-3-15-32(16-4-1)51-42-23-11-9-21-37(42)39-29-34(27-28-46(39)51)53-48-30-40-38-22-10-12-24-43(38)52(33-17-5-2-6-18-33)47(40)31-41(48)50-49(53)54-44-25-13-7-19-35(44)36-20-8-14-26-45(36)54;1-2/h1-31H;1-2H3. The summed E-state index contributed by atoms with van der Waals surface area (Å²) in [4.78, 5) is 5.59. The zero-order chi connectivity index (χ0) is 37.3. The number of benzene rings is 8. The van der Waals surface area contributed by atoms with Crippen LogP contribution >= 0.6 is 0 Å². The monoisotopic (exact) mass is 719 g/mol. The van der Waals surface area contributed by atoms with Crippen LogP contribution in [0.2, 0.25) is 0 Å². The fourth-order valence-electron chi connectivity index (χ4n) is 8.88. The number of fused-ring (bicyclic) bond motifs is 10. The highest BCUT2D eigenvalue weighted by Crippen LogP contribution is 2.40. The van der Waals surface area contributed by atoms with Crippen molar-refractivity contribution < 1.29 is 0 Å². The maximum atomic E-state index is 5.59. The van der Waals surface area contributed by atoms with Crippen LogP contribution in [-0.2, 0) is 0 Å². The van der Waals surface area contributed by atoms with Crippen molar-refractivity contribution in [3.63, 3.8) is 0 Å². The SMILES string of the molecule is CC.c1ccc(-n2c3ccccc3c3cc(-n4c(-n5c6ccccc6c6ccccc65)nc5cc6c(cc54)c4ccccc4n6-c4ccccc4)ccc32)cc1. The summed E-state index contributed by atoms with van der Waals surface area (Å²) in [6.07, 6.45) is 0. The molecule has 12 aromatic rings. The molecule has 0 saturated carbocycles. The Kier molecular flexibility index (Phi) is 7.23. The molecule has 0 aliphatic heterocycles. The van der Waals surface area contributed by atoms with E-state index in [4.69, 9.17) is 4.98 Å². The van der Waals surface area contributed by atoms with Crippen molar-refractivity contribution in [2.75, 3.05) is 0 Å². The van der Waals surface area contributed by atoms with E-state index in [1.807, 2.05) is 13.8 Å². The summed E-state index contributed by atoms with van der Waals surface area (Å²) in [6, 6.07) is 67.6. The van der Waals surface area contributed by atoms with E-state index in [2.05, 4.69) is 206 Å². The summed E-state index contributed by atoms with van der Waals surface area (Å²) in [7, 11) is 0. The fourth-order valence-corrected chi connectivity index (χ4v) is 8.88. The van der Waals surface area contributed by atoms with Crippen LogP contribution in [0.25, 0.3) is 99.5 Å². The van der Waals surface area contributed by atoms with Crippen LogP contribution < -0.4 is 0 Å². The van der Waals surface area contributed by atoms with Crippen molar-refractivity contribution in [2.24, 2.45) is 0 Å². The summed E-state index contributed by atoms with van der Waals surface area (Å²) >= 11 is 0. The largest absolute Gasteiger partial charge is 0.309 e.